The van der Waals surface area contributed by atoms with Crippen molar-refractivity contribution in [2.45, 2.75) is 20.0 Å². The number of nitrogens with one attached hydrogen (secondary N) is 1. The molecule has 0 aliphatic heterocycles. The molecular formula is C10H13FN2O2. The van der Waals surface area contributed by atoms with E-state index in [0.717, 1.165) is 6.42 Å². The lowest BCUT2D eigenvalue weighted by Crippen LogP contribution is -2.03. The van der Waals surface area contributed by atoms with Crippen molar-refractivity contribution in [2.24, 2.45) is 0 Å². The van der Waals surface area contributed by atoms with Crippen LogP contribution < -0.4 is 5.32 Å². The van der Waals surface area contributed by atoms with Crippen LogP contribution in [0.2, 0.25) is 0 Å². The van der Waals surface area contributed by atoms with E-state index in [9.17, 15) is 14.5 Å². The first-order valence-electron chi connectivity index (χ1n) is 4.76. The maximum atomic E-state index is 12.3. The Balaban J connectivity index is 2.98. The number of nitro groups is 1. The molecule has 0 aliphatic rings. The topological polar surface area (TPSA) is 55.2 Å². The monoisotopic (exact) mass is 212 g/mol. The molecule has 0 fully saturated rings. The van der Waals surface area contributed by atoms with Gasteiger partial charge in [0, 0.05) is 12.6 Å². The van der Waals surface area contributed by atoms with Crippen LogP contribution in [0.3, 0.4) is 0 Å². The molecule has 0 atom stereocenters. The quantitative estimate of drug-likeness (QED) is 0.603. The summed E-state index contributed by atoms with van der Waals surface area (Å²) in [4.78, 5) is 10.2. The van der Waals surface area contributed by atoms with Crippen LogP contribution in [0.4, 0.5) is 15.8 Å². The molecule has 1 aromatic rings. The Morgan fingerprint density at radius 2 is 2.27 bits per heavy atom. The summed E-state index contributed by atoms with van der Waals surface area (Å²) >= 11 is 0. The first-order chi connectivity index (χ1) is 7.19. The number of anilines is 1. The highest BCUT2D eigenvalue weighted by Gasteiger charge is 2.13. The summed E-state index contributed by atoms with van der Waals surface area (Å²) in [5.41, 5.74) is 0.696. The Hall–Kier alpha value is -1.65. The summed E-state index contributed by atoms with van der Waals surface area (Å²) in [5.74, 6) is 0. The highest BCUT2D eigenvalue weighted by Crippen LogP contribution is 2.25. The molecule has 82 valence electrons. The van der Waals surface area contributed by atoms with Crippen LogP contribution >= 0.6 is 0 Å². The first-order valence-corrected chi connectivity index (χ1v) is 4.76. The van der Waals surface area contributed by atoms with Gasteiger partial charge in [0.1, 0.15) is 12.4 Å². The summed E-state index contributed by atoms with van der Waals surface area (Å²) in [5, 5.41) is 13.6. The minimum Gasteiger partial charge on any atom is -0.380 e. The van der Waals surface area contributed by atoms with Gasteiger partial charge in [0.25, 0.3) is 5.69 Å². The van der Waals surface area contributed by atoms with E-state index in [2.05, 4.69) is 5.32 Å². The molecule has 1 rings (SSSR count). The molecule has 0 spiro atoms. The smallest absolute Gasteiger partial charge is 0.292 e. The molecule has 0 aromatic heterocycles. The zero-order valence-corrected chi connectivity index (χ0v) is 8.50. The fourth-order valence-corrected chi connectivity index (χ4v) is 1.22. The van der Waals surface area contributed by atoms with Crippen LogP contribution in [0.25, 0.3) is 0 Å². The maximum Gasteiger partial charge on any atom is 0.292 e. The van der Waals surface area contributed by atoms with E-state index in [1.165, 1.54) is 6.07 Å². The van der Waals surface area contributed by atoms with Gasteiger partial charge in [-0.1, -0.05) is 13.0 Å². The number of hydrogen-bond donors (Lipinski definition) is 1. The Bertz CT molecular complexity index is 355. The van der Waals surface area contributed by atoms with Crippen molar-refractivity contribution in [3.63, 3.8) is 0 Å². The summed E-state index contributed by atoms with van der Waals surface area (Å²) in [7, 11) is 0. The molecule has 1 aromatic carbocycles. The summed E-state index contributed by atoms with van der Waals surface area (Å²) in [6, 6.07) is 4.35. The predicted molar refractivity (Wildman–Crippen MR) is 56.7 cm³/mol. The fraction of sp³-hybridized carbons (Fsp3) is 0.400. The van der Waals surface area contributed by atoms with Crippen LogP contribution in [0.15, 0.2) is 18.2 Å². The SMILES string of the molecule is CCCNc1ccc(CF)cc1[N+](=O)[O-]. The van der Waals surface area contributed by atoms with E-state index in [1.54, 1.807) is 12.1 Å². The van der Waals surface area contributed by atoms with Gasteiger partial charge in [-0.25, -0.2) is 4.39 Å². The molecule has 0 aliphatic carbocycles. The molecule has 0 unspecified atom stereocenters. The van der Waals surface area contributed by atoms with Crippen molar-refractivity contribution >= 4 is 11.4 Å². The van der Waals surface area contributed by atoms with Crippen molar-refractivity contribution in [3.05, 3.63) is 33.9 Å². The average molecular weight is 212 g/mol. The molecule has 1 N–H and O–H groups in total. The van der Waals surface area contributed by atoms with E-state index in [1.807, 2.05) is 6.92 Å². The lowest BCUT2D eigenvalue weighted by Gasteiger charge is -2.06. The summed E-state index contributed by atoms with van der Waals surface area (Å²) in [6.45, 7) is 1.94. The second kappa shape index (κ2) is 5.29. The van der Waals surface area contributed by atoms with E-state index in [0.29, 0.717) is 17.8 Å². The van der Waals surface area contributed by atoms with Crippen molar-refractivity contribution < 1.29 is 9.31 Å². The Labute approximate surface area is 87.3 Å². The molecule has 0 radical (unpaired) electrons. The van der Waals surface area contributed by atoms with Gasteiger partial charge in [-0.05, 0) is 18.1 Å². The zero-order valence-electron chi connectivity index (χ0n) is 8.50. The van der Waals surface area contributed by atoms with E-state index in [-0.39, 0.29) is 5.69 Å². The highest BCUT2D eigenvalue weighted by molar-refractivity contribution is 5.62. The van der Waals surface area contributed by atoms with Gasteiger partial charge < -0.3 is 5.32 Å². The van der Waals surface area contributed by atoms with E-state index >= 15 is 0 Å². The largest absolute Gasteiger partial charge is 0.380 e. The second-order valence-electron chi connectivity index (χ2n) is 3.17. The third-order valence-electron chi connectivity index (χ3n) is 1.98. The van der Waals surface area contributed by atoms with Gasteiger partial charge in [0.05, 0.1) is 4.92 Å². The lowest BCUT2D eigenvalue weighted by atomic mass is 10.2. The molecule has 15 heavy (non-hydrogen) atoms. The van der Waals surface area contributed by atoms with Gasteiger partial charge in [0.2, 0.25) is 0 Å². The van der Waals surface area contributed by atoms with E-state index in [4.69, 9.17) is 0 Å². The fourth-order valence-electron chi connectivity index (χ4n) is 1.22. The predicted octanol–water partition coefficient (Wildman–Crippen LogP) is 2.89. The molecule has 4 nitrogen and oxygen atoms in total. The number of nitro benzene ring substituents is 1. The average Bonchev–Trinajstić information content (AvgIpc) is 2.26. The zero-order chi connectivity index (χ0) is 11.3. The van der Waals surface area contributed by atoms with Crippen molar-refractivity contribution in [1.29, 1.82) is 0 Å². The van der Waals surface area contributed by atoms with Crippen molar-refractivity contribution in [2.75, 3.05) is 11.9 Å². The second-order valence-corrected chi connectivity index (χ2v) is 3.17. The third-order valence-corrected chi connectivity index (χ3v) is 1.98. The van der Waals surface area contributed by atoms with Crippen molar-refractivity contribution in [3.8, 4) is 0 Å². The Morgan fingerprint density at radius 3 is 2.80 bits per heavy atom. The number of alkyl halides is 1. The summed E-state index contributed by atoms with van der Waals surface area (Å²) < 4.78 is 12.3. The van der Waals surface area contributed by atoms with Gasteiger partial charge in [-0.3, -0.25) is 10.1 Å². The number of hydrogen-bond acceptors (Lipinski definition) is 3. The van der Waals surface area contributed by atoms with Crippen LogP contribution in [0, 0.1) is 10.1 Å². The van der Waals surface area contributed by atoms with E-state index < -0.39 is 11.6 Å². The molecular weight excluding hydrogens is 199 g/mol. The van der Waals surface area contributed by atoms with Gasteiger partial charge >= 0.3 is 0 Å². The lowest BCUT2D eigenvalue weighted by molar-refractivity contribution is -0.384. The van der Waals surface area contributed by atoms with Gasteiger partial charge in [-0.15, -0.1) is 0 Å². The highest BCUT2D eigenvalue weighted by atomic mass is 19.1. The first kappa shape index (κ1) is 11.4. The Morgan fingerprint density at radius 1 is 1.53 bits per heavy atom. The molecule has 0 amide bonds. The van der Waals surface area contributed by atoms with Gasteiger partial charge in [-0.2, -0.15) is 0 Å². The minimum absolute atomic E-state index is 0.0707. The normalized spacial score (nSPS) is 10.0. The summed E-state index contributed by atoms with van der Waals surface area (Å²) in [6.07, 6.45) is 0.877. The molecule has 5 heteroatoms. The maximum absolute atomic E-state index is 12.3. The van der Waals surface area contributed by atoms with Crippen LogP contribution in [-0.2, 0) is 6.67 Å². The number of benzene rings is 1. The van der Waals surface area contributed by atoms with Crippen LogP contribution in [-0.4, -0.2) is 11.5 Å². The van der Waals surface area contributed by atoms with Crippen molar-refractivity contribution in [1.82, 2.24) is 0 Å². The molecule has 0 saturated heterocycles. The molecule has 0 saturated carbocycles. The minimum atomic E-state index is -0.686. The standard InChI is InChI=1S/C10H13FN2O2/c1-2-5-12-9-4-3-8(7-11)6-10(9)13(14)15/h3-4,6,12H,2,5,7H2,1H3. The number of halogens is 1. The molecule has 0 bridgehead atoms. The van der Waals surface area contributed by atoms with Crippen LogP contribution in [0.1, 0.15) is 18.9 Å². The Kier molecular flexibility index (Phi) is 4.03. The number of rotatable bonds is 5. The van der Waals surface area contributed by atoms with Gasteiger partial charge in [0.15, 0.2) is 0 Å². The number of nitrogens with zero attached hydrogens (tertiary/aromatic N) is 1. The third kappa shape index (κ3) is 2.90. The molecule has 0 heterocycles. The van der Waals surface area contributed by atoms with Crippen LogP contribution in [0.5, 0.6) is 0 Å².